The summed E-state index contributed by atoms with van der Waals surface area (Å²) in [6, 6.07) is 11.8. The Morgan fingerprint density at radius 1 is 0.939 bits per heavy atom. The number of rotatable bonds is 2. The van der Waals surface area contributed by atoms with Crippen LogP contribution in [0.3, 0.4) is 0 Å². The molecule has 4 atom stereocenters. The molecule has 0 aliphatic carbocycles. The Morgan fingerprint density at radius 3 is 2.21 bits per heavy atom. The maximum Gasteiger partial charge on any atom is 0.240 e. The van der Waals surface area contributed by atoms with Crippen LogP contribution in [0.1, 0.15) is 38.8 Å². The van der Waals surface area contributed by atoms with Crippen LogP contribution in [-0.2, 0) is 14.4 Å². The van der Waals surface area contributed by atoms with Crippen molar-refractivity contribution >= 4 is 46.1 Å². The number of nitrogens with zero attached hydrogens (tertiary/aromatic N) is 2. The number of halogens is 1. The summed E-state index contributed by atoms with van der Waals surface area (Å²) in [7, 11) is 0. The Bertz CT molecular complexity index is 1220. The fraction of sp³-hybridized carbons (Fsp3) is 0.370. The van der Waals surface area contributed by atoms with Crippen molar-refractivity contribution in [2.45, 2.75) is 46.7 Å². The summed E-state index contributed by atoms with van der Waals surface area (Å²) in [6.45, 7) is 9.68. The SMILES string of the molecule is CC1=CC2C3C(=O)N(c4ccc(Cl)cc4)C(=O)C3C(C(=O)C(C)(C)C)N2c2ccc(C)cc21. The number of imide groups is 1. The van der Waals surface area contributed by atoms with Crippen LogP contribution in [0.4, 0.5) is 11.4 Å². The molecule has 2 amide bonds. The number of amides is 2. The predicted octanol–water partition coefficient (Wildman–Crippen LogP) is 5.04. The van der Waals surface area contributed by atoms with Crippen LogP contribution in [0.5, 0.6) is 0 Å². The molecule has 170 valence electrons. The lowest BCUT2D eigenvalue weighted by molar-refractivity contribution is -0.132. The highest BCUT2D eigenvalue weighted by atomic mass is 35.5. The van der Waals surface area contributed by atoms with Gasteiger partial charge in [0.1, 0.15) is 6.04 Å². The third-order valence-corrected chi connectivity index (χ3v) is 7.35. The van der Waals surface area contributed by atoms with Gasteiger partial charge in [0, 0.05) is 21.7 Å². The van der Waals surface area contributed by atoms with Gasteiger partial charge in [0.05, 0.1) is 23.6 Å². The maximum atomic E-state index is 13.8. The van der Waals surface area contributed by atoms with Crippen molar-refractivity contribution in [1.82, 2.24) is 0 Å². The molecule has 4 unspecified atom stereocenters. The number of allylic oxidation sites excluding steroid dienone is 1. The summed E-state index contributed by atoms with van der Waals surface area (Å²) in [5, 5.41) is 0.530. The molecule has 3 aliphatic rings. The first-order chi connectivity index (χ1) is 15.5. The number of carbonyl (C=O) groups is 3. The van der Waals surface area contributed by atoms with E-state index in [0.29, 0.717) is 10.7 Å². The molecule has 2 aromatic rings. The first-order valence-electron chi connectivity index (χ1n) is 11.3. The molecule has 2 aromatic carbocycles. The molecule has 0 aromatic heterocycles. The van der Waals surface area contributed by atoms with Gasteiger partial charge in [-0.15, -0.1) is 0 Å². The van der Waals surface area contributed by atoms with Crippen LogP contribution in [0.25, 0.3) is 5.57 Å². The van der Waals surface area contributed by atoms with Gasteiger partial charge in [-0.25, -0.2) is 4.90 Å². The van der Waals surface area contributed by atoms with Crippen molar-refractivity contribution in [2.24, 2.45) is 17.3 Å². The number of carbonyl (C=O) groups excluding carboxylic acids is 3. The highest BCUT2D eigenvalue weighted by molar-refractivity contribution is 6.31. The second kappa shape index (κ2) is 7.29. The number of Topliss-reactive ketones (excluding diaryl/α,β-unsaturated/α-hetero) is 1. The highest BCUT2D eigenvalue weighted by Gasteiger charge is 2.65. The molecule has 5 nitrogen and oxygen atoms in total. The van der Waals surface area contributed by atoms with Gasteiger partial charge in [-0.05, 0) is 55.8 Å². The first kappa shape index (κ1) is 21.9. The molecule has 2 fully saturated rings. The van der Waals surface area contributed by atoms with E-state index in [1.54, 1.807) is 24.3 Å². The van der Waals surface area contributed by atoms with Crippen molar-refractivity contribution in [3.05, 3.63) is 64.7 Å². The van der Waals surface area contributed by atoms with E-state index in [1.165, 1.54) is 4.90 Å². The Morgan fingerprint density at radius 2 is 1.58 bits per heavy atom. The van der Waals surface area contributed by atoms with Gasteiger partial charge in [0.25, 0.3) is 0 Å². The van der Waals surface area contributed by atoms with Crippen LogP contribution in [0.15, 0.2) is 48.5 Å². The minimum atomic E-state index is -0.735. The number of ketones is 1. The van der Waals surface area contributed by atoms with E-state index in [9.17, 15) is 14.4 Å². The Balaban J connectivity index is 1.68. The van der Waals surface area contributed by atoms with Crippen LogP contribution < -0.4 is 9.80 Å². The standard InChI is InChI=1S/C27H27ClN2O3/c1-14-6-11-19-18(12-14)15(2)13-20-21-22(23(30(19)20)24(31)27(3,4)5)26(33)29(25(21)32)17-9-7-16(28)8-10-17/h6-13,20-23H,1-5H3. The molecule has 3 heterocycles. The lowest BCUT2D eigenvalue weighted by Gasteiger charge is -2.39. The van der Waals surface area contributed by atoms with Crippen LogP contribution in [0.2, 0.25) is 5.02 Å². The summed E-state index contributed by atoms with van der Waals surface area (Å²) < 4.78 is 0. The quantitative estimate of drug-likeness (QED) is 0.586. The third kappa shape index (κ3) is 3.17. The monoisotopic (exact) mass is 462 g/mol. The Hall–Kier alpha value is -2.92. The van der Waals surface area contributed by atoms with Crippen molar-refractivity contribution < 1.29 is 14.4 Å². The van der Waals surface area contributed by atoms with Crippen molar-refractivity contribution in [2.75, 3.05) is 9.80 Å². The van der Waals surface area contributed by atoms with E-state index in [2.05, 4.69) is 12.1 Å². The fourth-order valence-corrected chi connectivity index (χ4v) is 5.67. The number of hydrogen-bond acceptors (Lipinski definition) is 4. The molecular formula is C27H27ClN2O3. The summed E-state index contributed by atoms with van der Waals surface area (Å²) >= 11 is 6.02. The highest BCUT2D eigenvalue weighted by Crippen LogP contribution is 2.51. The second-order valence-electron chi connectivity index (χ2n) is 10.4. The molecule has 0 spiro atoms. The summed E-state index contributed by atoms with van der Waals surface area (Å²) in [5.41, 5.74) is 3.97. The smallest absolute Gasteiger partial charge is 0.240 e. The van der Waals surface area contributed by atoms with Gasteiger partial charge in [0.2, 0.25) is 11.8 Å². The first-order valence-corrected chi connectivity index (χ1v) is 11.6. The van der Waals surface area contributed by atoms with Crippen molar-refractivity contribution in [3.8, 4) is 0 Å². The predicted molar refractivity (Wildman–Crippen MR) is 130 cm³/mol. The minimum absolute atomic E-state index is 0.0291. The van der Waals surface area contributed by atoms with E-state index in [1.807, 2.05) is 51.7 Å². The number of hydrogen-bond donors (Lipinski definition) is 0. The number of aryl methyl sites for hydroxylation is 1. The van der Waals surface area contributed by atoms with E-state index in [4.69, 9.17) is 11.6 Å². The van der Waals surface area contributed by atoms with E-state index >= 15 is 0 Å². The van der Waals surface area contributed by atoms with Gasteiger partial charge >= 0.3 is 0 Å². The molecular weight excluding hydrogens is 436 g/mol. The topological polar surface area (TPSA) is 57.7 Å². The lowest BCUT2D eigenvalue weighted by atomic mass is 9.79. The summed E-state index contributed by atoms with van der Waals surface area (Å²) in [5.74, 6) is -1.95. The van der Waals surface area contributed by atoms with E-state index < -0.39 is 23.3 Å². The van der Waals surface area contributed by atoms with Crippen LogP contribution >= 0.6 is 11.6 Å². The molecule has 0 radical (unpaired) electrons. The summed E-state index contributed by atoms with van der Waals surface area (Å²) in [4.78, 5) is 44.6. The number of fused-ring (bicyclic) bond motifs is 5. The zero-order valence-corrected chi connectivity index (χ0v) is 20.2. The van der Waals surface area contributed by atoms with E-state index in [-0.39, 0.29) is 23.6 Å². The average molecular weight is 463 g/mol. The Kier molecular flexibility index (Phi) is 4.84. The Labute approximate surface area is 199 Å². The van der Waals surface area contributed by atoms with Gasteiger partial charge in [-0.1, -0.05) is 50.1 Å². The number of anilines is 2. The van der Waals surface area contributed by atoms with Crippen molar-refractivity contribution in [3.63, 3.8) is 0 Å². The molecule has 33 heavy (non-hydrogen) atoms. The largest absolute Gasteiger partial charge is 0.353 e. The molecule has 0 bridgehead atoms. The van der Waals surface area contributed by atoms with Crippen LogP contribution in [0, 0.1) is 24.2 Å². The zero-order valence-electron chi connectivity index (χ0n) is 19.4. The second-order valence-corrected chi connectivity index (χ2v) is 10.8. The van der Waals surface area contributed by atoms with Gasteiger partial charge in [-0.3, -0.25) is 14.4 Å². The maximum absolute atomic E-state index is 13.8. The molecule has 6 heteroatoms. The lowest BCUT2D eigenvalue weighted by Crippen LogP contribution is -2.51. The van der Waals surface area contributed by atoms with Crippen LogP contribution in [-0.4, -0.2) is 29.7 Å². The molecule has 2 saturated heterocycles. The van der Waals surface area contributed by atoms with Crippen molar-refractivity contribution in [1.29, 1.82) is 0 Å². The fourth-order valence-electron chi connectivity index (χ4n) is 5.54. The minimum Gasteiger partial charge on any atom is -0.353 e. The summed E-state index contributed by atoms with van der Waals surface area (Å²) in [6.07, 6.45) is 2.06. The number of benzene rings is 2. The van der Waals surface area contributed by atoms with E-state index in [0.717, 1.165) is 22.4 Å². The van der Waals surface area contributed by atoms with Gasteiger partial charge in [-0.2, -0.15) is 0 Å². The molecule has 0 N–H and O–H groups in total. The average Bonchev–Trinajstić information content (AvgIpc) is 3.21. The van der Waals surface area contributed by atoms with Gasteiger partial charge < -0.3 is 4.90 Å². The normalized spacial score (nSPS) is 26.2. The molecule has 0 saturated carbocycles. The third-order valence-electron chi connectivity index (χ3n) is 7.10. The molecule has 3 aliphatic heterocycles. The molecule has 5 rings (SSSR count). The zero-order chi connectivity index (χ0) is 23.8. The van der Waals surface area contributed by atoms with Gasteiger partial charge in [0.15, 0.2) is 5.78 Å².